The highest BCUT2D eigenvalue weighted by molar-refractivity contribution is 7.52. The number of halogens is 2. The predicted octanol–water partition coefficient (Wildman–Crippen LogP) is 5.65. The maximum atomic E-state index is 13.5. The maximum absolute atomic E-state index is 13.5. The zero-order valence-electron chi connectivity index (χ0n) is 26.3. The lowest BCUT2D eigenvalue weighted by Crippen LogP contribution is -2.44. The number of aromatic nitrogens is 1. The molecule has 4 heterocycles. The topological polar surface area (TPSA) is 154 Å². The third-order valence-corrected chi connectivity index (χ3v) is 10.6. The minimum Gasteiger partial charge on any atom is -0.365 e. The SMILES string of the molecule is C[C@H](CCC=O)CCC1CCCN1C.Cc1ncccc1C1CN(C=O)C1.NC(=O)c1cc2cc(C(F)(F)P(=O)(O)O)ccc2s1. The van der Waals surface area contributed by atoms with Crippen LogP contribution in [0.2, 0.25) is 0 Å². The van der Waals surface area contributed by atoms with Crippen LogP contribution in [0.15, 0.2) is 42.6 Å². The summed E-state index contributed by atoms with van der Waals surface area (Å²) in [7, 11) is -3.37. The lowest BCUT2D eigenvalue weighted by molar-refractivity contribution is -0.122. The van der Waals surface area contributed by atoms with Gasteiger partial charge in [0.2, 0.25) is 6.41 Å². The van der Waals surface area contributed by atoms with E-state index in [4.69, 9.17) is 15.5 Å². The molecule has 14 heteroatoms. The van der Waals surface area contributed by atoms with E-state index >= 15 is 0 Å². The molecule has 3 aromatic rings. The maximum Gasteiger partial charge on any atom is 0.399 e. The number of carbonyl (C=O) groups is 3. The fourth-order valence-corrected chi connectivity index (χ4v) is 6.93. The van der Waals surface area contributed by atoms with Crippen LogP contribution < -0.4 is 5.73 Å². The van der Waals surface area contributed by atoms with Gasteiger partial charge in [-0.05, 0) is 93.8 Å². The Morgan fingerprint density at radius 3 is 2.50 bits per heavy atom. The van der Waals surface area contributed by atoms with Crippen LogP contribution in [-0.4, -0.2) is 75.9 Å². The summed E-state index contributed by atoms with van der Waals surface area (Å²) in [6, 6.07) is 9.29. The first-order valence-corrected chi connectivity index (χ1v) is 17.6. The second-order valence-electron chi connectivity index (χ2n) is 12.0. The molecule has 2 aliphatic heterocycles. The number of hydrogen-bond donors (Lipinski definition) is 3. The number of benzene rings is 1. The Morgan fingerprint density at radius 1 is 1.22 bits per heavy atom. The Morgan fingerprint density at radius 2 is 1.93 bits per heavy atom. The number of pyridine rings is 1. The molecule has 2 aliphatic rings. The average molecular weight is 681 g/mol. The third kappa shape index (κ3) is 9.95. The van der Waals surface area contributed by atoms with Crippen LogP contribution in [0.3, 0.4) is 0 Å². The number of aryl methyl sites for hydroxylation is 1. The van der Waals surface area contributed by atoms with Gasteiger partial charge >= 0.3 is 13.3 Å². The Bertz CT molecular complexity index is 1530. The summed E-state index contributed by atoms with van der Waals surface area (Å²) in [5.41, 5.74) is 2.36. The monoisotopic (exact) mass is 680 g/mol. The number of aldehydes is 1. The fraction of sp³-hybridized carbons (Fsp3) is 0.500. The molecule has 2 saturated heterocycles. The van der Waals surface area contributed by atoms with E-state index < -0.39 is 24.7 Å². The first-order chi connectivity index (χ1) is 21.7. The molecule has 2 atom stereocenters. The van der Waals surface area contributed by atoms with Gasteiger partial charge in [-0.1, -0.05) is 19.1 Å². The summed E-state index contributed by atoms with van der Waals surface area (Å²) < 4.78 is 38.3. The molecule has 0 radical (unpaired) electrons. The zero-order chi connectivity index (χ0) is 34.1. The van der Waals surface area contributed by atoms with E-state index in [1.54, 1.807) is 11.1 Å². The first kappa shape index (κ1) is 37.4. The van der Waals surface area contributed by atoms with Gasteiger partial charge in [-0.3, -0.25) is 19.1 Å². The Balaban J connectivity index is 0.000000192. The summed E-state index contributed by atoms with van der Waals surface area (Å²) in [6.07, 6.45) is 10.9. The van der Waals surface area contributed by atoms with Crippen LogP contribution in [0.4, 0.5) is 8.78 Å². The van der Waals surface area contributed by atoms with Crippen molar-refractivity contribution in [3.8, 4) is 0 Å². The van der Waals surface area contributed by atoms with Gasteiger partial charge in [0.1, 0.15) is 6.29 Å². The molecule has 1 unspecified atom stereocenters. The van der Waals surface area contributed by atoms with Gasteiger partial charge in [0.15, 0.2) is 0 Å². The molecule has 10 nitrogen and oxygen atoms in total. The van der Waals surface area contributed by atoms with Gasteiger partial charge in [-0.15, -0.1) is 11.3 Å². The summed E-state index contributed by atoms with van der Waals surface area (Å²) in [6.45, 7) is 7.23. The average Bonchev–Trinajstić information content (AvgIpc) is 3.61. The Hall–Kier alpha value is -3.09. The molecule has 2 aromatic heterocycles. The number of alkyl halides is 2. The molecule has 0 spiro atoms. The van der Waals surface area contributed by atoms with Crippen molar-refractivity contribution >= 4 is 47.6 Å². The van der Waals surface area contributed by atoms with Gasteiger partial charge in [-0.25, -0.2) is 0 Å². The van der Waals surface area contributed by atoms with Crippen molar-refractivity contribution in [2.24, 2.45) is 11.7 Å². The van der Waals surface area contributed by atoms with Gasteiger partial charge in [-0.2, -0.15) is 8.78 Å². The third-order valence-electron chi connectivity index (χ3n) is 8.46. The van der Waals surface area contributed by atoms with Crippen molar-refractivity contribution < 1.29 is 37.5 Å². The molecule has 1 aromatic carbocycles. The van der Waals surface area contributed by atoms with Crippen molar-refractivity contribution in [3.05, 3.63) is 64.3 Å². The number of fused-ring (bicyclic) bond motifs is 1. The molecular weight excluding hydrogens is 637 g/mol. The highest BCUT2D eigenvalue weighted by Crippen LogP contribution is 2.59. The number of likely N-dealkylation sites (tertiary alicyclic amines) is 2. The van der Waals surface area contributed by atoms with E-state index in [1.165, 1.54) is 49.9 Å². The predicted molar refractivity (Wildman–Crippen MR) is 175 cm³/mol. The minimum atomic E-state index is -5.60. The minimum absolute atomic E-state index is 0.187. The second kappa shape index (κ2) is 16.6. The molecule has 0 saturated carbocycles. The lowest BCUT2D eigenvalue weighted by Gasteiger charge is -2.37. The Labute approximate surface area is 272 Å². The van der Waals surface area contributed by atoms with Crippen molar-refractivity contribution in [1.29, 1.82) is 0 Å². The number of rotatable bonds is 11. The van der Waals surface area contributed by atoms with Crippen molar-refractivity contribution in [2.75, 3.05) is 26.7 Å². The van der Waals surface area contributed by atoms with E-state index in [2.05, 4.69) is 29.9 Å². The summed E-state index contributed by atoms with van der Waals surface area (Å²) in [5.74, 6) is 0.526. The normalized spacial score (nSPS) is 17.7. The highest BCUT2D eigenvalue weighted by Gasteiger charge is 2.50. The number of nitrogens with two attached hydrogens (primary N) is 1. The van der Waals surface area contributed by atoms with Gasteiger partial charge in [0, 0.05) is 53.6 Å². The molecule has 0 bridgehead atoms. The molecule has 252 valence electrons. The van der Waals surface area contributed by atoms with E-state index in [0.717, 1.165) is 73.8 Å². The van der Waals surface area contributed by atoms with E-state index in [0.29, 0.717) is 16.5 Å². The smallest absolute Gasteiger partial charge is 0.365 e. The molecule has 5 rings (SSSR count). The van der Waals surface area contributed by atoms with Crippen LogP contribution in [0.5, 0.6) is 0 Å². The van der Waals surface area contributed by atoms with Crippen LogP contribution in [0.1, 0.15) is 77.9 Å². The standard InChI is InChI=1S/C12H23NO.C10H8F2NO4PS.C10H12N2O/c1-11(5-4-10-14)7-8-12-6-3-9-13(12)2;11-10(12,18(15,16)17)6-1-2-7-5(3-6)4-8(19-7)9(13)14;1-8-10(3-2-4-11-8)9-5-12(6-9)7-13/h10-12H,3-9H2,1-2H3;1-4H,(H2,13,14)(H2,15,16,17);2-4,7,9H,5-6H2,1H3/t11-,12?;;/m1../s1. The number of hydrogen-bond acceptors (Lipinski definition) is 7. The molecular formula is C32H43F2N4O6PS. The number of amides is 2. The first-order valence-electron chi connectivity index (χ1n) is 15.2. The van der Waals surface area contributed by atoms with E-state index in [-0.39, 0.29) is 10.3 Å². The fourth-order valence-electron chi connectivity index (χ4n) is 5.56. The molecule has 2 amide bonds. The van der Waals surface area contributed by atoms with Gasteiger partial charge < -0.3 is 30.1 Å². The molecule has 2 fully saturated rings. The molecule has 4 N–H and O–H groups in total. The van der Waals surface area contributed by atoms with Crippen LogP contribution in [0, 0.1) is 12.8 Å². The van der Waals surface area contributed by atoms with E-state index in [9.17, 15) is 27.7 Å². The lowest BCUT2D eigenvalue weighted by atomic mass is 9.91. The Kier molecular flexibility index (Phi) is 13.5. The summed E-state index contributed by atoms with van der Waals surface area (Å²) in [4.78, 5) is 57.5. The highest BCUT2D eigenvalue weighted by atomic mass is 32.1. The number of thiophene rings is 1. The largest absolute Gasteiger partial charge is 0.399 e. The molecule has 46 heavy (non-hydrogen) atoms. The number of primary amides is 1. The van der Waals surface area contributed by atoms with Crippen LogP contribution in [-0.2, 0) is 19.8 Å². The number of nitrogens with zero attached hydrogens (tertiary/aromatic N) is 3. The quantitative estimate of drug-likeness (QED) is 0.174. The molecule has 0 aliphatic carbocycles. The summed E-state index contributed by atoms with van der Waals surface area (Å²) >= 11 is 1.02. The van der Waals surface area contributed by atoms with Crippen molar-refractivity contribution in [2.45, 2.75) is 70.0 Å². The number of carbonyl (C=O) groups excluding carboxylic acids is 3. The van der Waals surface area contributed by atoms with E-state index in [1.807, 2.05) is 13.0 Å². The summed E-state index contributed by atoms with van der Waals surface area (Å²) in [5, 5.41) is 0.282. The van der Waals surface area contributed by atoms with Crippen molar-refractivity contribution in [3.63, 3.8) is 0 Å². The van der Waals surface area contributed by atoms with Crippen LogP contribution >= 0.6 is 18.9 Å². The second-order valence-corrected chi connectivity index (χ2v) is 14.7. The van der Waals surface area contributed by atoms with Gasteiger partial charge in [0.05, 0.1) is 4.88 Å². The van der Waals surface area contributed by atoms with Crippen molar-refractivity contribution in [1.82, 2.24) is 14.8 Å². The van der Waals surface area contributed by atoms with Crippen LogP contribution in [0.25, 0.3) is 10.1 Å². The van der Waals surface area contributed by atoms with Gasteiger partial charge in [0.25, 0.3) is 5.91 Å². The zero-order valence-corrected chi connectivity index (χ0v) is 28.1.